The van der Waals surface area contributed by atoms with Crippen molar-refractivity contribution in [3.8, 4) is 0 Å². The number of aliphatic hydroxyl groups excluding tert-OH is 3. The molecule has 1 saturated heterocycles. The first-order valence-corrected chi connectivity index (χ1v) is 3.94. The van der Waals surface area contributed by atoms with E-state index in [0.29, 0.717) is 0 Å². The number of hydrogen-bond donors (Lipinski definition) is 3. The molecule has 0 aliphatic carbocycles. The van der Waals surface area contributed by atoms with Crippen molar-refractivity contribution >= 4 is 11.6 Å². The summed E-state index contributed by atoms with van der Waals surface area (Å²) in [7, 11) is 0. The molecule has 11 heavy (non-hydrogen) atoms. The molecular formula is C6H11ClO4. The van der Waals surface area contributed by atoms with Gasteiger partial charge < -0.3 is 20.1 Å². The van der Waals surface area contributed by atoms with Gasteiger partial charge in [-0.25, -0.2) is 0 Å². The van der Waals surface area contributed by atoms with Crippen LogP contribution in [0.4, 0.5) is 0 Å². The van der Waals surface area contributed by atoms with Crippen LogP contribution in [0.3, 0.4) is 0 Å². The highest BCUT2D eigenvalue weighted by molar-refractivity contribution is 6.18. The third kappa shape index (κ3) is 2.04. The fourth-order valence-corrected chi connectivity index (χ4v) is 1.23. The van der Waals surface area contributed by atoms with Gasteiger partial charge in [0, 0.05) is 12.3 Å². The quantitative estimate of drug-likeness (QED) is 0.458. The second-order valence-corrected chi connectivity index (χ2v) is 2.91. The summed E-state index contributed by atoms with van der Waals surface area (Å²) in [5.41, 5.74) is 0. The molecule has 1 rings (SSSR count). The summed E-state index contributed by atoms with van der Waals surface area (Å²) in [6.07, 6.45) is -3.58. The highest BCUT2D eigenvalue weighted by atomic mass is 35.5. The van der Waals surface area contributed by atoms with Crippen molar-refractivity contribution in [2.45, 2.75) is 31.0 Å². The largest absolute Gasteiger partial charge is 0.390 e. The van der Waals surface area contributed by atoms with Crippen LogP contribution in [0.15, 0.2) is 0 Å². The van der Waals surface area contributed by atoms with Crippen molar-refractivity contribution < 1.29 is 20.1 Å². The Labute approximate surface area is 69.4 Å². The molecule has 1 aliphatic heterocycles. The summed E-state index contributed by atoms with van der Waals surface area (Å²) >= 11 is 5.43. The SMILES string of the molecule is OC1CC(CCl)O[C@H](O)C1O. The number of alkyl halides is 1. The molecule has 0 aromatic rings. The molecule has 5 heteroatoms. The Kier molecular flexibility index (Phi) is 3.09. The molecule has 0 radical (unpaired) electrons. The third-order valence-electron chi connectivity index (χ3n) is 1.69. The van der Waals surface area contributed by atoms with Gasteiger partial charge in [0.2, 0.25) is 0 Å². The average Bonchev–Trinajstić information content (AvgIpc) is 1.99. The van der Waals surface area contributed by atoms with Gasteiger partial charge in [-0.15, -0.1) is 11.6 Å². The lowest BCUT2D eigenvalue weighted by molar-refractivity contribution is -0.242. The Balaban J connectivity index is 2.47. The fraction of sp³-hybridized carbons (Fsp3) is 1.00. The smallest absolute Gasteiger partial charge is 0.183 e. The molecule has 4 atom stereocenters. The van der Waals surface area contributed by atoms with Gasteiger partial charge in [-0.2, -0.15) is 0 Å². The van der Waals surface area contributed by atoms with Crippen LogP contribution in [0.2, 0.25) is 0 Å². The molecule has 66 valence electrons. The molecule has 0 spiro atoms. The molecule has 4 nitrogen and oxygen atoms in total. The summed E-state index contributed by atoms with van der Waals surface area (Å²) in [6, 6.07) is 0. The molecule has 0 amide bonds. The lowest BCUT2D eigenvalue weighted by Crippen LogP contribution is -2.48. The zero-order valence-electron chi connectivity index (χ0n) is 5.85. The molecule has 3 unspecified atom stereocenters. The molecule has 0 aromatic heterocycles. The number of ether oxygens (including phenoxy) is 1. The monoisotopic (exact) mass is 182 g/mol. The predicted octanol–water partition coefficient (Wildman–Crippen LogP) is -0.946. The lowest BCUT2D eigenvalue weighted by Gasteiger charge is -2.33. The van der Waals surface area contributed by atoms with Gasteiger partial charge in [0.1, 0.15) is 6.10 Å². The normalized spacial score (nSPS) is 45.8. The predicted molar refractivity (Wildman–Crippen MR) is 38.2 cm³/mol. The van der Waals surface area contributed by atoms with Crippen LogP contribution in [0, 0.1) is 0 Å². The van der Waals surface area contributed by atoms with Crippen LogP contribution in [0.25, 0.3) is 0 Å². The minimum Gasteiger partial charge on any atom is -0.390 e. The molecule has 0 saturated carbocycles. The maximum Gasteiger partial charge on any atom is 0.183 e. The summed E-state index contributed by atoms with van der Waals surface area (Å²) in [4.78, 5) is 0. The van der Waals surface area contributed by atoms with Gasteiger partial charge in [-0.3, -0.25) is 0 Å². The van der Waals surface area contributed by atoms with Gasteiger partial charge in [-0.05, 0) is 0 Å². The first-order valence-electron chi connectivity index (χ1n) is 3.40. The van der Waals surface area contributed by atoms with Crippen LogP contribution in [0.1, 0.15) is 6.42 Å². The third-order valence-corrected chi connectivity index (χ3v) is 2.04. The van der Waals surface area contributed by atoms with Crippen LogP contribution >= 0.6 is 11.6 Å². The van der Waals surface area contributed by atoms with Gasteiger partial charge >= 0.3 is 0 Å². The molecule has 1 heterocycles. The van der Waals surface area contributed by atoms with Crippen LogP contribution < -0.4 is 0 Å². The Morgan fingerprint density at radius 3 is 2.45 bits per heavy atom. The fourth-order valence-electron chi connectivity index (χ4n) is 1.03. The number of rotatable bonds is 1. The van der Waals surface area contributed by atoms with Crippen molar-refractivity contribution in [2.24, 2.45) is 0 Å². The lowest BCUT2D eigenvalue weighted by atomic mass is 10.0. The van der Waals surface area contributed by atoms with E-state index in [4.69, 9.17) is 31.7 Å². The van der Waals surface area contributed by atoms with Gasteiger partial charge in [0.15, 0.2) is 6.29 Å². The molecular weight excluding hydrogens is 172 g/mol. The van der Waals surface area contributed by atoms with E-state index in [-0.39, 0.29) is 18.4 Å². The molecule has 1 fully saturated rings. The molecule has 0 aromatic carbocycles. The van der Waals surface area contributed by atoms with E-state index in [1.54, 1.807) is 0 Å². The van der Waals surface area contributed by atoms with E-state index in [2.05, 4.69) is 0 Å². The van der Waals surface area contributed by atoms with Gasteiger partial charge in [0.25, 0.3) is 0 Å². The van der Waals surface area contributed by atoms with Crippen molar-refractivity contribution in [1.82, 2.24) is 0 Å². The molecule has 0 bridgehead atoms. The maximum absolute atomic E-state index is 9.10. The van der Waals surface area contributed by atoms with E-state index >= 15 is 0 Å². The first-order chi connectivity index (χ1) is 5.15. The van der Waals surface area contributed by atoms with E-state index in [9.17, 15) is 0 Å². The highest BCUT2D eigenvalue weighted by Gasteiger charge is 2.34. The Morgan fingerprint density at radius 1 is 1.36 bits per heavy atom. The summed E-state index contributed by atoms with van der Waals surface area (Å²) < 4.78 is 4.83. The minimum absolute atomic E-state index is 0.209. The van der Waals surface area contributed by atoms with Crippen molar-refractivity contribution in [2.75, 3.05) is 5.88 Å². The van der Waals surface area contributed by atoms with Crippen molar-refractivity contribution in [3.63, 3.8) is 0 Å². The number of aliphatic hydroxyl groups is 3. The summed E-state index contributed by atoms with van der Waals surface area (Å²) in [5, 5.41) is 27.1. The van der Waals surface area contributed by atoms with Crippen molar-refractivity contribution in [3.05, 3.63) is 0 Å². The maximum atomic E-state index is 9.10. The zero-order chi connectivity index (χ0) is 8.43. The van der Waals surface area contributed by atoms with E-state index in [1.807, 2.05) is 0 Å². The van der Waals surface area contributed by atoms with Gasteiger partial charge in [-0.1, -0.05) is 0 Å². The number of halogens is 1. The van der Waals surface area contributed by atoms with Crippen molar-refractivity contribution in [1.29, 1.82) is 0 Å². The molecule has 3 N–H and O–H groups in total. The van der Waals surface area contributed by atoms with Gasteiger partial charge in [0.05, 0.1) is 12.2 Å². The topological polar surface area (TPSA) is 69.9 Å². The second kappa shape index (κ2) is 3.69. The van der Waals surface area contributed by atoms with E-state index < -0.39 is 18.5 Å². The average molecular weight is 183 g/mol. The number of hydrogen-bond acceptors (Lipinski definition) is 4. The van der Waals surface area contributed by atoms with E-state index in [0.717, 1.165) is 0 Å². The highest BCUT2D eigenvalue weighted by Crippen LogP contribution is 2.19. The van der Waals surface area contributed by atoms with Crippen LogP contribution in [0.5, 0.6) is 0 Å². The second-order valence-electron chi connectivity index (χ2n) is 2.60. The van der Waals surface area contributed by atoms with Crippen LogP contribution in [-0.2, 0) is 4.74 Å². The minimum atomic E-state index is -1.32. The molecule has 1 aliphatic rings. The van der Waals surface area contributed by atoms with Crippen LogP contribution in [-0.4, -0.2) is 45.8 Å². The zero-order valence-corrected chi connectivity index (χ0v) is 6.61. The van der Waals surface area contributed by atoms with E-state index in [1.165, 1.54) is 0 Å². The Hall–Kier alpha value is 0.130. The standard InChI is InChI=1S/C6H11ClO4/c7-2-3-1-4(8)5(9)6(10)11-3/h3-6,8-10H,1-2H2/t3?,4?,5?,6-/m0/s1. The summed E-state index contributed by atoms with van der Waals surface area (Å²) in [6.45, 7) is 0. The Bertz CT molecular complexity index is 120. The summed E-state index contributed by atoms with van der Waals surface area (Å²) in [5.74, 6) is 0.209. The first kappa shape index (κ1) is 9.22. The Morgan fingerprint density at radius 2 is 2.00 bits per heavy atom.